The molecule has 0 amide bonds. The van der Waals surface area contributed by atoms with Crippen LogP contribution in [0.1, 0.15) is 17.0 Å². The number of hydrogen-bond donors (Lipinski definition) is 0. The lowest BCUT2D eigenvalue weighted by atomic mass is 9.75. The fourth-order valence-electron chi connectivity index (χ4n) is 4.37. The van der Waals surface area contributed by atoms with Gasteiger partial charge in [0.05, 0.1) is 14.2 Å². The van der Waals surface area contributed by atoms with Gasteiger partial charge in [-0.15, -0.1) is 0 Å². The first-order chi connectivity index (χ1) is 15.5. The molecule has 1 heterocycles. The van der Waals surface area contributed by atoms with E-state index in [1.54, 1.807) is 23.1 Å². The van der Waals surface area contributed by atoms with Gasteiger partial charge in [0, 0.05) is 11.6 Å². The molecule has 3 aromatic rings. The molecular weight excluding hydrogens is 409 g/mol. The van der Waals surface area contributed by atoms with Gasteiger partial charge < -0.3 is 14.4 Å². The Bertz CT molecular complexity index is 1150. The highest BCUT2D eigenvalue weighted by Crippen LogP contribution is 2.53. The number of carbonyl (C=O) groups is 2. The Balaban J connectivity index is 2.08. The van der Waals surface area contributed by atoms with E-state index in [1.807, 2.05) is 60.7 Å². The number of hydrogen-bond acceptors (Lipinski definition) is 5. The molecule has 1 aliphatic rings. The van der Waals surface area contributed by atoms with Crippen LogP contribution in [0.15, 0.2) is 96.7 Å². The van der Waals surface area contributed by atoms with E-state index in [0.717, 1.165) is 0 Å². The largest absolute Gasteiger partial charge is 0.467 e. The third-order valence-corrected chi connectivity index (χ3v) is 5.72. The van der Waals surface area contributed by atoms with Crippen molar-refractivity contribution >= 4 is 17.6 Å². The molecule has 2 atom stereocenters. The van der Waals surface area contributed by atoms with Crippen LogP contribution in [-0.4, -0.2) is 26.2 Å². The summed E-state index contributed by atoms with van der Waals surface area (Å²) in [6.45, 7) is 0. The molecule has 162 valence electrons. The molecule has 6 heteroatoms. The van der Waals surface area contributed by atoms with Gasteiger partial charge in [-0.1, -0.05) is 60.7 Å². The zero-order chi connectivity index (χ0) is 22.7. The molecule has 0 bridgehead atoms. The molecular formula is C26H22FNO4. The van der Waals surface area contributed by atoms with Crippen molar-refractivity contribution in [3.8, 4) is 0 Å². The maximum atomic E-state index is 13.7. The predicted octanol–water partition coefficient (Wildman–Crippen LogP) is 4.55. The highest BCUT2D eigenvalue weighted by atomic mass is 19.1. The van der Waals surface area contributed by atoms with Crippen LogP contribution in [0.5, 0.6) is 0 Å². The van der Waals surface area contributed by atoms with Gasteiger partial charge in [0.25, 0.3) is 0 Å². The molecule has 32 heavy (non-hydrogen) atoms. The van der Waals surface area contributed by atoms with Crippen LogP contribution in [0, 0.1) is 5.82 Å². The van der Waals surface area contributed by atoms with Crippen LogP contribution in [0.3, 0.4) is 0 Å². The molecule has 5 nitrogen and oxygen atoms in total. The first-order valence-corrected chi connectivity index (χ1v) is 10.1. The number of methoxy groups -OCH3 is 2. The molecule has 0 unspecified atom stereocenters. The Morgan fingerprint density at radius 2 is 1.44 bits per heavy atom. The monoisotopic (exact) mass is 431 g/mol. The fourth-order valence-corrected chi connectivity index (χ4v) is 4.37. The molecule has 3 aromatic carbocycles. The van der Waals surface area contributed by atoms with Gasteiger partial charge in [0.15, 0.2) is 5.54 Å². The lowest BCUT2D eigenvalue weighted by Crippen LogP contribution is -2.53. The molecule has 0 spiro atoms. The summed E-state index contributed by atoms with van der Waals surface area (Å²) < 4.78 is 24.1. The minimum Gasteiger partial charge on any atom is -0.467 e. The number of halogens is 1. The van der Waals surface area contributed by atoms with Crippen molar-refractivity contribution in [2.24, 2.45) is 0 Å². The summed E-state index contributed by atoms with van der Waals surface area (Å²) in [6, 6.07) is 24.1. The highest BCUT2D eigenvalue weighted by Gasteiger charge is 2.59. The highest BCUT2D eigenvalue weighted by molar-refractivity contribution is 6.01. The SMILES string of the molecule is COC(=O)C1=C[C@H](c2ccc(F)cc2)[C@](C(=O)OC)(c2ccccc2)N1c1ccccc1. The summed E-state index contributed by atoms with van der Waals surface area (Å²) in [4.78, 5) is 28.3. The normalized spacial score (nSPS) is 19.9. The Morgan fingerprint density at radius 3 is 2.00 bits per heavy atom. The average Bonchev–Trinajstić information content (AvgIpc) is 3.21. The maximum Gasteiger partial charge on any atom is 0.354 e. The second-order valence-electron chi connectivity index (χ2n) is 7.37. The number of carbonyl (C=O) groups excluding carboxylic acids is 2. The van der Waals surface area contributed by atoms with E-state index >= 15 is 0 Å². The topological polar surface area (TPSA) is 55.8 Å². The van der Waals surface area contributed by atoms with Crippen LogP contribution < -0.4 is 4.90 Å². The molecule has 0 saturated heterocycles. The predicted molar refractivity (Wildman–Crippen MR) is 118 cm³/mol. The van der Waals surface area contributed by atoms with Gasteiger partial charge in [-0.2, -0.15) is 0 Å². The number of anilines is 1. The van der Waals surface area contributed by atoms with Gasteiger partial charge in [-0.25, -0.2) is 14.0 Å². The first kappa shape index (κ1) is 21.3. The van der Waals surface area contributed by atoms with E-state index in [4.69, 9.17) is 9.47 Å². The summed E-state index contributed by atoms with van der Waals surface area (Å²) in [5, 5.41) is 0. The molecule has 0 N–H and O–H groups in total. The van der Waals surface area contributed by atoms with Gasteiger partial charge in [-0.3, -0.25) is 0 Å². The van der Waals surface area contributed by atoms with Crippen molar-refractivity contribution in [2.45, 2.75) is 11.5 Å². The molecule has 0 aliphatic carbocycles. The number of esters is 2. The Hall–Kier alpha value is -3.93. The van der Waals surface area contributed by atoms with E-state index in [1.165, 1.54) is 26.4 Å². The van der Waals surface area contributed by atoms with Crippen LogP contribution >= 0.6 is 0 Å². The molecule has 0 aromatic heterocycles. The summed E-state index contributed by atoms with van der Waals surface area (Å²) in [5.41, 5.74) is 0.629. The summed E-state index contributed by atoms with van der Waals surface area (Å²) in [5.74, 6) is -2.21. The minimum absolute atomic E-state index is 0.197. The Labute approximate surface area is 185 Å². The maximum absolute atomic E-state index is 13.7. The van der Waals surface area contributed by atoms with Crippen molar-refractivity contribution in [1.82, 2.24) is 0 Å². The van der Waals surface area contributed by atoms with E-state index in [2.05, 4.69) is 0 Å². The first-order valence-electron chi connectivity index (χ1n) is 10.1. The molecule has 1 aliphatic heterocycles. The van der Waals surface area contributed by atoms with Crippen LogP contribution in [0.25, 0.3) is 0 Å². The summed E-state index contributed by atoms with van der Waals surface area (Å²) in [7, 11) is 2.61. The van der Waals surface area contributed by atoms with E-state index in [0.29, 0.717) is 16.8 Å². The van der Waals surface area contributed by atoms with E-state index < -0.39 is 29.2 Å². The van der Waals surface area contributed by atoms with Crippen molar-refractivity contribution < 1.29 is 23.5 Å². The smallest absolute Gasteiger partial charge is 0.354 e. The fraction of sp³-hybridized carbons (Fsp3) is 0.154. The van der Waals surface area contributed by atoms with Gasteiger partial charge in [-0.05, 0) is 41.5 Å². The van der Waals surface area contributed by atoms with Gasteiger partial charge in [0.1, 0.15) is 11.5 Å². The number of para-hydroxylation sites is 1. The third-order valence-electron chi connectivity index (χ3n) is 5.72. The number of ether oxygens (including phenoxy) is 2. The molecule has 0 saturated carbocycles. The molecule has 0 fully saturated rings. The van der Waals surface area contributed by atoms with Crippen molar-refractivity contribution in [1.29, 1.82) is 0 Å². The minimum atomic E-state index is -1.46. The van der Waals surface area contributed by atoms with Crippen molar-refractivity contribution in [3.63, 3.8) is 0 Å². The second kappa shape index (κ2) is 8.67. The van der Waals surface area contributed by atoms with Crippen LogP contribution in [0.4, 0.5) is 10.1 Å². The number of nitrogens with zero attached hydrogens (tertiary/aromatic N) is 1. The van der Waals surface area contributed by atoms with Gasteiger partial charge in [0.2, 0.25) is 0 Å². The lowest BCUT2D eigenvalue weighted by molar-refractivity contribution is -0.147. The zero-order valence-corrected chi connectivity index (χ0v) is 17.7. The number of benzene rings is 3. The lowest BCUT2D eigenvalue weighted by Gasteiger charge is -2.42. The van der Waals surface area contributed by atoms with E-state index in [9.17, 15) is 14.0 Å². The Morgan fingerprint density at radius 1 is 0.844 bits per heavy atom. The van der Waals surface area contributed by atoms with Crippen molar-refractivity contribution in [3.05, 3.63) is 114 Å². The van der Waals surface area contributed by atoms with Gasteiger partial charge >= 0.3 is 11.9 Å². The molecule has 0 radical (unpaired) electrons. The average molecular weight is 431 g/mol. The third kappa shape index (κ3) is 3.34. The van der Waals surface area contributed by atoms with Crippen molar-refractivity contribution in [2.75, 3.05) is 19.1 Å². The summed E-state index contributed by atoms with van der Waals surface area (Å²) in [6.07, 6.45) is 1.69. The van der Waals surface area contributed by atoms with E-state index in [-0.39, 0.29) is 5.70 Å². The number of rotatable bonds is 5. The van der Waals surface area contributed by atoms with Crippen LogP contribution in [-0.2, 0) is 24.6 Å². The van der Waals surface area contributed by atoms with Crippen LogP contribution in [0.2, 0.25) is 0 Å². The zero-order valence-electron chi connectivity index (χ0n) is 17.7. The quantitative estimate of drug-likeness (QED) is 0.555. The molecule has 4 rings (SSSR count). The summed E-state index contributed by atoms with van der Waals surface area (Å²) >= 11 is 0. The standard InChI is InChI=1S/C26H22FNO4/c1-31-24(29)23-17-22(18-13-15-20(27)16-14-18)26(25(30)32-2,19-9-5-3-6-10-19)28(23)21-11-7-4-8-12-21/h3-17,22H,1-2H3/t22-,26+/m1/s1. The Kier molecular flexibility index (Phi) is 5.77. The second-order valence-corrected chi connectivity index (χ2v) is 7.37.